The van der Waals surface area contributed by atoms with Gasteiger partial charge in [-0.15, -0.1) is 0 Å². The fourth-order valence-corrected chi connectivity index (χ4v) is 3.15. The molecule has 0 bridgehead atoms. The second-order valence-corrected chi connectivity index (χ2v) is 8.16. The van der Waals surface area contributed by atoms with Crippen LogP contribution >= 0.6 is 0 Å². The van der Waals surface area contributed by atoms with Crippen LogP contribution in [0.15, 0.2) is 48.7 Å². The van der Waals surface area contributed by atoms with E-state index < -0.39 is 11.2 Å². The number of pyridine rings is 1. The highest BCUT2D eigenvalue weighted by Crippen LogP contribution is 2.33. The van der Waals surface area contributed by atoms with E-state index in [4.69, 9.17) is 9.47 Å². The van der Waals surface area contributed by atoms with Gasteiger partial charge in [0.1, 0.15) is 12.2 Å². The van der Waals surface area contributed by atoms with Crippen molar-refractivity contribution in [3.8, 4) is 5.88 Å². The van der Waals surface area contributed by atoms with Gasteiger partial charge in [0.25, 0.3) is 0 Å². The lowest BCUT2D eigenvalue weighted by Crippen LogP contribution is -2.46. The second-order valence-electron chi connectivity index (χ2n) is 8.16. The van der Waals surface area contributed by atoms with Gasteiger partial charge in [0.15, 0.2) is 0 Å². The van der Waals surface area contributed by atoms with E-state index in [1.165, 1.54) is 0 Å². The highest BCUT2D eigenvalue weighted by Gasteiger charge is 2.37. The van der Waals surface area contributed by atoms with Crippen LogP contribution in [0.25, 0.3) is 0 Å². The molecule has 1 aromatic heterocycles. The number of carbonyl (C=O) groups excluding carboxylic acids is 1. The van der Waals surface area contributed by atoms with Gasteiger partial charge >= 0.3 is 6.09 Å². The molecule has 0 unspecified atom stereocenters. The lowest BCUT2D eigenvalue weighted by molar-refractivity contribution is -0.0358. The Morgan fingerprint density at radius 3 is 2.39 bits per heavy atom. The SMILES string of the molecule is CC(C)(C)OC(=O)N1CCC(O)(c2ccc(OCc3ccccc3)nc2)CC1. The van der Waals surface area contributed by atoms with Gasteiger partial charge in [0.2, 0.25) is 5.88 Å². The third kappa shape index (κ3) is 5.23. The third-order valence-electron chi connectivity index (χ3n) is 4.75. The number of likely N-dealkylation sites (tertiary alicyclic amines) is 1. The molecule has 1 saturated heterocycles. The summed E-state index contributed by atoms with van der Waals surface area (Å²) in [5.41, 5.74) is 0.290. The van der Waals surface area contributed by atoms with Crippen LogP contribution in [0.3, 0.4) is 0 Å². The summed E-state index contributed by atoms with van der Waals surface area (Å²) in [4.78, 5) is 18.2. The van der Waals surface area contributed by atoms with Gasteiger partial charge in [-0.25, -0.2) is 9.78 Å². The van der Waals surface area contributed by atoms with Gasteiger partial charge in [0.05, 0.1) is 5.60 Å². The van der Waals surface area contributed by atoms with Crippen molar-refractivity contribution in [2.75, 3.05) is 13.1 Å². The van der Waals surface area contributed by atoms with Crippen LogP contribution in [0, 0.1) is 0 Å². The average Bonchev–Trinajstić information content (AvgIpc) is 2.67. The molecule has 3 rings (SSSR count). The van der Waals surface area contributed by atoms with E-state index >= 15 is 0 Å². The third-order valence-corrected chi connectivity index (χ3v) is 4.75. The van der Waals surface area contributed by atoms with Crippen LogP contribution in [0.5, 0.6) is 5.88 Å². The predicted molar refractivity (Wildman–Crippen MR) is 106 cm³/mol. The van der Waals surface area contributed by atoms with Crippen LogP contribution in [0.4, 0.5) is 4.79 Å². The van der Waals surface area contributed by atoms with Gasteiger partial charge in [-0.2, -0.15) is 0 Å². The van der Waals surface area contributed by atoms with Crippen molar-refractivity contribution in [1.82, 2.24) is 9.88 Å². The Morgan fingerprint density at radius 2 is 1.82 bits per heavy atom. The van der Waals surface area contributed by atoms with E-state index in [2.05, 4.69) is 4.98 Å². The van der Waals surface area contributed by atoms with Crippen molar-refractivity contribution < 1.29 is 19.4 Å². The van der Waals surface area contributed by atoms with Crippen molar-refractivity contribution >= 4 is 6.09 Å². The normalized spacial score (nSPS) is 16.5. The lowest BCUT2D eigenvalue weighted by Gasteiger charge is -2.38. The molecule has 1 aliphatic heterocycles. The number of ether oxygens (including phenoxy) is 2. The quantitative estimate of drug-likeness (QED) is 0.866. The molecule has 1 amide bonds. The molecule has 28 heavy (non-hydrogen) atoms. The van der Waals surface area contributed by atoms with Crippen molar-refractivity contribution in [2.45, 2.75) is 51.4 Å². The van der Waals surface area contributed by atoms with Crippen LogP contribution in [0.2, 0.25) is 0 Å². The number of aromatic nitrogens is 1. The van der Waals surface area contributed by atoms with Gasteiger partial charge in [0, 0.05) is 30.9 Å². The van der Waals surface area contributed by atoms with Gasteiger partial charge in [-0.3, -0.25) is 0 Å². The minimum absolute atomic E-state index is 0.336. The molecule has 1 fully saturated rings. The minimum Gasteiger partial charge on any atom is -0.473 e. The van der Waals surface area contributed by atoms with Gasteiger partial charge in [-0.05, 0) is 45.2 Å². The Kier molecular flexibility index (Phi) is 5.89. The maximum atomic E-state index is 12.2. The highest BCUT2D eigenvalue weighted by atomic mass is 16.6. The summed E-state index contributed by atoms with van der Waals surface area (Å²) in [6.07, 6.45) is 2.21. The minimum atomic E-state index is -0.997. The first kappa shape index (κ1) is 20.1. The molecule has 1 aromatic carbocycles. The van der Waals surface area contributed by atoms with Gasteiger partial charge < -0.3 is 19.5 Å². The zero-order valence-electron chi connectivity index (χ0n) is 16.7. The van der Waals surface area contributed by atoms with E-state index in [0.717, 1.165) is 11.1 Å². The molecule has 2 heterocycles. The number of amides is 1. The number of nitrogens with zero attached hydrogens (tertiary/aromatic N) is 2. The van der Waals surface area contributed by atoms with E-state index in [9.17, 15) is 9.90 Å². The van der Waals surface area contributed by atoms with Crippen LogP contribution in [-0.2, 0) is 16.9 Å². The molecule has 6 heteroatoms. The van der Waals surface area contributed by atoms with Crippen molar-refractivity contribution in [3.05, 3.63) is 59.8 Å². The number of carbonyl (C=O) groups is 1. The smallest absolute Gasteiger partial charge is 0.410 e. The summed E-state index contributed by atoms with van der Waals surface area (Å²) in [5.74, 6) is 0.516. The summed E-state index contributed by atoms with van der Waals surface area (Å²) in [5, 5.41) is 11.0. The zero-order valence-corrected chi connectivity index (χ0v) is 16.7. The Balaban J connectivity index is 1.56. The number of aliphatic hydroxyl groups is 1. The first-order chi connectivity index (χ1) is 13.3. The number of hydrogen-bond donors (Lipinski definition) is 1. The standard InChI is InChI=1S/C22H28N2O4/c1-21(2,3)28-20(25)24-13-11-22(26,12-14-24)18-9-10-19(23-15-18)27-16-17-7-5-4-6-8-17/h4-10,15,26H,11-14,16H2,1-3H3. The van der Waals surface area contributed by atoms with Crippen LogP contribution in [0.1, 0.15) is 44.7 Å². The number of hydrogen-bond acceptors (Lipinski definition) is 5. The molecule has 6 nitrogen and oxygen atoms in total. The monoisotopic (exact) mass is 384 g/mol. The Labute approximate surface area is 166 Å². The lowest BCUT2D eigenvalue weighted by atomic mass is 9.85. The second kappa shape index (κ2) is 8.19. The van der Waals surface area contributed by atoms with E-state index in [0.29, 0.717) is 38.4 Å². The van der Waals surface area contributed by atoms with Crippen LogP contribution < -0.4 is 4.74 Å². The highest BCUT2D eigenvalue weighted by molar-refractivity contribution is 5.68. The summed E-state index contributed by atoms with van der Waals surface area (Å²) >= 11 is 0. The maximum Gasteiger partial charge on any atom is 0.410 e. The first-order valence-corrected chi connectivity index (χ1v) is 9.59. The molecule has 0 spiro atoms. The van der Waals surface area contributed by atoms with Crippen molar-refractivity contribution in [1.29, 1.82) is 0 Å². The summed E-state index contributed by atoms with van der Waals surface area (Å²) in [6, 6.07) is 13.5. The zero-order chi connectivity index (χ0) is 20.2. The van der Waals surface area contributed by atoms with Gasteiger partial charge in [-0.1, -0.05) is 30.3 Å². The van der Waals surface area contributed by atoms with E-state index in [1.807, 2.05) is 57.2 Å². The largest absolute Gasteiger partial charge is 0.473 e. The van der Waals surface area contributed by atoms with E-state index in [-0.39, 0.29) is 6.09 Å². The number of rotatable bonds is 4. The number of benzene rings is 1. The molecule has 2 aromatic rings. The van der Waals surface area contributed by atoms with E-state index in [1.54, 1.807) is 17.2 Å². The molecule has 150 valence electrons. The fourth-order valence-electron chi connectivity index (χ4n) is 3.15. The summed E-state index contributed by atoms with van der Waals surface area (Å²) in [7, 11) is 0. The Morgan fingerprint density at radius 1 is 1.14 bits per heavy atom. The Bertz CT molecular complexity index is 776. The average molecular weight is 384 g/mol. The molecule has 0 atom stereocenters. The van der Waals surface area contributed by atoms with Crippen molar-refractivity contribution in [2.24, 2.45) is 0 Å². The summed E-state index contributed by atoms with van der Waals surface area (Å²) < 4.78 is 11.1. The van der Waals surface area contributed by atoms with Crippen molar-refractivity contribution in [3.63, 3.8) is 0 Å². The molecular weight excluding hydrogens is 356 g/mol. The number of piperidine rings is 1. The summed E-state index contributed by atoms with van der Waals surface area (Å²) in [6.45, 7) is 6.87. The molecule has 0 aliphatic carbocycles. The first-order valence-electron chi connectivity index (χ1n) is 9.59. The molecular formula is C22H28N2O4. The molecule has 1 N–H and O–H groups in total. The predicted octanol–water partition coefficient (Wildman–Crippen LogP) is 3.88. The molecule has 1 aliphatic rings. The Hall–Kier alpha value is -2.60. The molecule has 0 radical (unpaired) electrons. The maximum absolute atomic E-state index is 12.2. The fraction of sp³-hybridized carbons (Fsp3) is 0.455. The topological polar surface area (TPSA) is 71.9 Å². The molecule has 0 saturated carbocycles. The van der Waals surface area contributed by atoms with Crippen LogP contribution in [-0.4, -0.2) is 39.8 Å².